The van der Waals surface area contributed by atoms with Gasteiger partial charge in [0.1, 0.15) is 16.3 Å². The van der Waals surface area contributed by atoms with Gasteiger partial charge in [0.25, 0.3) is 0 Å². The quantitative estimate of drug-likeness (QED) is 0.694. The van der Waals surface area contributed by atoms with Gasteiger partial charge < -0.3 is 23.8 Å². The van der Waals surface area contributed by atoms with Crippen molar-refractivity contribution in [3.8, 4) is 0 Å². The van der Waals surface area contributed by atoms with Crippen molar-refractivity contribution in [2.24, 2.45) is 5.92 Å². The maximum atomic E-state index is 12.7. The van der Waals surface area contributed by atoms with Crippen LogP contribution in [0.2, 0.25) is 0 Å². The predicted molar refractivity (Wildman–Crippen MR) is 91.7 cm³/mol. The van der Waals surface area contributed by atoms with Crippen molar-refractivity contribution in [1.29, 1.82) is 0 Å². The fraction of sp³-hybridized carbons (Fsp3) is 0.588. The predicted octanol–water partition coefficient (Wildman–Crippen LogP) is 0.841. The summed E-state index contributed by atoms with van der Waals surface area (Å²) in [7, 11) is 0. The van der Waals surface area contributed by atoms with Crippen molar-refractivity contribution >= 4 is 23.6 Å². The van der Waals surface area contributed by atoms with Gasteiger partial charge in [0, 0.05) is 17.9 Å². The van der Waals surface area contributed by atoms with Gasteiger partial charge in [0.05, 0.1) is 18.1 Å². The molecule has 0 saturated carbocycles. The third kappa shape index (κ3) is 2.58. The monoisotopic (exact) mass is 397 g/mol. The molecule has 4 rings (SSSR count). The van der Waals surface area contributed by atoms with Crippen LogP contribution in [-0.4, -0.2) is 50.7 Å². The first-order valence-corrected chi connectivity index (χ1v) is 9.47. The van der Waals surface area contributed by atoms with E-state index in [2.05, 4.69) is 0 Å². The minimum atomic E-state index is -1.22. The van der Waals surface area contributed by atoms with Crippen LogP contribution in [-0.2, 0) is 20.7 Å². The van der Waals surface area contributed by atoms with Crippen LogP contribution >= 0.6 is 11.8 Å². The SMILES string of the molecule is Cc1oc(=O)oc1C[C@]12SC([C@H]3CCCO3)=C(C(=O)O)N1C(=O)[C@@H]2[C@@H](C)O. The molecule has 0 spiro atoms. The molecule has 1 aromatic heterocycles. The van der Waals surface area contributed by atoms with Crippen LogP contribution in [0.1, 0.15) is 31.3 Å². The van der Waals surface area contributed by atoms with Gasteiger partial charge in [-0.2, -0.15) is 0 Å². The van der Waals surface area contributed by atoms with Gasteiger partial charge in [-0.3, -0.25) is 9.69 Å². The number of aliphatic hydroxyl groups is 1. The van der Waals surface area contributed by atoms with E-state index in [0.717, 1.165) is 6.42 Å². The molecule has 0 unspecified atom stereocenters. The lowest BCUT2D eigenvalue weighted by Gasteiger charge is -2.54. The van der Waals surface area contributed by atoms with Crippen LogP contribution in [0.5, 0.6) is 0 Å². The highest BCUT2D eigenvalue weighted by atomic mass is 32.2. The second kappa shape index (κ2) is 6.25. The zero-order chi connectivity index (χ0) is 19.5. The van der Waals surface area contributed by atoms with Crippen LogP contribution in [0, 0.1) is 12.8 Å². The number of amides is 1. The van der Waals surface area contributed by atoms with Crippen LogP contribution in [0.3, 0.4) is 0 Å². The first-order valence-electron chi connectivity index (χ1n) is 8.66. The molecule has 2 saturated heterocycles. The Balaban J connectivity index is 1.79. The molecule has 0 aromatic carbocycles. The molecule has 4 heterocycles. The number of carbonyl (C=O) groups excluding carboxylic acids is 1. The van der Waals surface area contributed by atoms with Gasteiger partial charge in [-0.1, -0.05) is 11.8 Å². The highest BCUT2D eigenvalue weighted by Crippen LogP contribution is 2.61. The number of rotatable bonds is 5. The fourth-order valence-corrected chi connectivity index (χ4v) is 6.00. The van der Waals surface area contributed by atoms with Gasteiger partial charge in [0.2, 0.25) is 5.91 Å². The molecule has 0 aliphatic carbocycles. The molecule has 3 aliphatic rings. The third-order valence-corrected chi connectivity index (χ3v) is 6.86. The number of ether oxygens (including phenoxy) is 1. The molecule has 4 atom stereocenters. The van der Waals surface area contributed by atoms with E-state index in [-0.39, 0.29) is 23.6 Å². The Morgan fingerprint density at radius 3 is 2.67 bits per heavy atom. The zero-order valence-electron chi connectivity index (χ0n) is 14.8. The number of nitrogens with zero attached hydrogens (tertiary/aromatic N) is 1. The third-order valence-electron chi connectivity index (χ3n) is 5.25. The lowest BCUT2D eigenvalue weighted by Crippen LogP contribution is -2.70. The van der Waals surface area contributed by atoms with Crippen molar-refractivity contribution in [3.05, 3.63) is 32.7 Å². The lowest BCUT2D eigenvalue weighted by atomic mass is 9.79. The van der Waals surface area contributed by atoms with Gasteiger partial charge in [0.15, 0.2) is 5.76 Å². The first-order chi connectivity index (χ1) is 12.8. The summed E-state index contributed by atoms with van der Waals surface area (Å²) >= 11 is 1.21. The Kier molecular flexibility index (Phi) is 4.24. The van der Waals surface area contributed by atoms with Crippen LogP contribution in [0.25, 0.3) is 0 Å². The van der Waals surface area contributed by atoms with Crippen molar-refractivity contribution in [3.63, 3.8) is 0 Å². The molecule has 146 valence electrons. The molecule has 0 radical (unpaired) electrons. The number of hydrogen-bond donors (Lipinski definition) is 2. The fourth-order valence-electron chi connectivity index (χ4n) is 4.13. The molecular weight excluding hydrogens is 378 g/mol. The number of carbonyl (C=O) groups is 2. The van der Waals surface area contributed by atoms with E-state index in [1.165, 1.54) is 23.6 Å². The Morgan fingerprint density at radius 2 is 2.15 bits per heavy atom. The largest absolute Gasteiger partial charge is 0.519 e. The summed E-state index contributed by atoms with van der Waals surface area (Å²) in [6.07, 6.45) is 0.112. The standard InChI is InChI=1S/C17H19NO8S/c1-7(19)11-14(20)18-12(15(21)22)13(9-4-3-5-24-9)27-17(11,18)6-10-8(2)25-16(23)26-10/h7,9,11,19H,3-6H2,1-2H3,(H,21,22)/t7-,9-,11+,17-/m1/s1. The molecule has 10 heteroatoms. The van der Waals surface area contributed by atoms with E-state index in [4.69, 9.17) is 13.6 Å². The number of hydrogen-bond acceptors (Lipinski definition) is 8. The average molecular weight is 397 g/mol. The molecule has 3 aliphatic heterocycles. The van der Waals surface area contributed by atoms with Gasteiger partial charge >= 0.3 is 11.8 Å². The Bertz CT molecular complexity index is 893. The molecule has 2 N–H and O–H groups in total. The number of β-lactam (4-membered cyclic amide) rings is 1. The second-order valence-corrected chi connectivity index (χ2v) is 8.32. The maximum absolute atomic E-state index is 12.7. The van der Waals surface area contributed by atoms with Crippen LogP contribution < -0.4 is 5.82 Å². The molecule has 1 amide bonds. The minimum absolute atomic E-state index is 0.0452. The van der Waals surface area contributed by atoms with E-state index < -0.39 is 40.7 Å². The van der Waals surface area contributed by atoms with Crippen molar-refractivity contribution < 1.29 is 33.4 Å². The molecule has 1 aromatic rings. The van der Waals surface area contributed by atoms with E-state index in [1.807, 2.05) is 0 Å². The molecule has 0 bridgehead atoms. The summed E-state index contributed by atoms with van der Waals surface area (Å²) in [6, 6.07) is 0. The number of carboxylic acids is 1. The van der Waals surface area contributed by atoms with Crippen molar-refractivity contribution in [2.45, 2.75) is 50.2 Å². The highest BCUT2D eigenvalue weighted by molar-refractivity contribution is 8.04. The Labute approximate surface area is 158 Å². The number of thioether (sulfide) groups is 1. The van der Waals surface area contributed by atoms with E-state index in [1.54, 1.807) is 6.92 Å². The van der Waals surface area contributed by atoms with Gasteiger partial charge in [-0.25, -0.2) is 9.59 Å². The lowest BCUT2D eigenvalue weighted by molar-refractivity contribution is -0.166. The number of aliphatic hydroxyl groups excluding tert-OH is 1. The van der Waals surface area contributed by atoms with Crippen molar-refractivity contribution in [2.75, 3.05) is 6.61 Å². The molecule has 27 heavy (non-hydrogen) atoms. The van der Waals surface area contributed by atoms with E-state index in [9.17, 15) is 24.6 Å². The summed E-state index contributed by atoms with van der Waals surface area (Å²) < 4.78 is 15.7. The zero-order valence-corrected chi connectivity index (χ0v) is 15.6. The van der Waals surface area contributed by atoms with Gasteiger partial charge in [-0.15, -0.1) is 0 Å². The second-order valence-electron chi connectivity index (χ2n) is 6.97. The van der Waals surface area contributed by atoms with Crippen LogP contribution in [0.4, 0.5) is 0 Å². The van der Waals surface area contributed by atoms with Crippen molar-refractivity contribution in [1.82, 2.24) is 4.90 Å². The van der Waals surface area contributed by atoms with E-state index >= 15 is 0 Å². The number of aliphatic carboxylic acids is 1. The van der Waals surface area contributed by atoms with Crippen LogP contribution in [0.15, 0.2) is 24.2 Å². The van der Waals surface area contributed by atoms with E-state index in [0.29, 0.717) is 17.9 Å². The summed E-state index contributed by atoms with van der Waals surface area (Å²) in [5.41, 5.74) is -0.114. The summed E-state index contributed by atoms with van der Waals surface area (Å²) in [5.74, 6) is -2.90. The number of carboxylic acid groups (broad SMARTS) is 1. The summed E-state index contributed by atoms with van der Waals surface area (Å²) in [5, 5.41) is 20.0. The molecular formula is C17H19NO8S. The normalized spacial score (nSPS) is 31.2. The topological polar surface area (TPSA) is 130 Å². The minimum Gasteiger partial charge on any atom is -0.477 e. The number of fused-ring (bicyclic) bond motifs is 1. The maximum Gasteiger partial charge on any atom is 0.519 e. The smallest absolute Gasteiger partial charge is 0.477 e. The molecule has 9 nitrogen and oxygen atoms in total. The summed E-state index contributed by atoms with van der Waals surface area (Å²) in [4.78, 5) is 36.7. The highest BCUT2D eigenvalue weighted by Gasteiger charge is 2.69. The Morgan fingerprint density at radius 1 is 1.41 bits per heavy atom. The average Bonchev–Trinajstić information content (AvgIpc) is 3.24. The first kappa shape index (κ1) is 18.3. The Hall–Kier alpha value is -2.04. The number of aryl methyl sites for hydroxylation is 1. The van der Waals surface area contributed by atoms with Gasteiger partial charge in [-0.05, 0) is 26.7 Å². The summed E-state index contributed by atoms with van der Waals surface area (Å²) in [6.45, 7) is 3.58. The molecule has 2 fully saturated rings.